The number of hydrogen-bond donors (Lipinski definition) is 0. The fourth-order valence-corrected chi connectivity index (χ4v) is 2.19. The molecule has 0 aromatic rings. The lowest BCUT2D eigenvalue weighted by molar-refractivity contribution is -0.151. The van der Waals surface area contributed by atoms with Crippen LogP contribution in [0.4, 0.5) is 0 Å². The topological polar surface area (TPSA) is 46.6 Å². The van der Waals surface area contributed by atoms with Gasteiger partial charge in [0.05, 0.1) is 12.5 Å². The molecule has 0 aliphatic carbocycles. The monoisotopic (exact) mass is 255 g/mol. The molecule has 1 fully saturated rings. The minimum absolute atomic E-state index is 0.0147. The summed E-state index contributed by atoms with van der Waals surface area (Å²) in [6.45, 7) is 7.90. The number of carbonyl (C=O) groups is 2. The summed E-state index contributed by atoms with van der Waals surface area (Å²) in [6, 6.07) is 0. The molecular formula is C14H25NO3. The molecule has 104 valence electrons. The van der Waals surface area contributed by atoms with Crippen LogP contribution in [-0.4, -0.2) is 36.5 Å². The first-order valence-electron chi connectivity index (χ1n) is 6.99. The molecule has 1 amide bonds. The molecule has 0 spiro atoms. The first-order chi connectivity index (χ1) is 8.54. The Morgan fingerprint density at radius 2 is 1.89 bits per heavy atom. The van der Waals surface area contributed by atoms with Crippen molar-refractivity contribution in [3.05, 3.63) is 0 Å². The molecule has 1 aliphatic rings. The van der Waals surface area contributed by atoms with E-state index in [9.17, 15) is 9.59 Å². The van der Waals surface area contributed by atoms with Crippen molar-refractivity contribution < 1.29 is 14.3 Å². The average Bonchev–Trinajstić information content (AvgIpc) is 2.36. The normalized spacial score (nSPS) is 17.0. The zero-order valence-corrected chi connectivity index (χ0v) is 11.8. The standard InChI is InChI=1S/C14H25NO3/c1-4-18-14(17)12-7-9-15(10-8-12)13(16)6-5-11(2)3/h11-12H,4-10H2,1-3H3. The summed E-state index contributed by atoms with van der Waals surface area (Å²) in [4.78, 5) is 25.4. The van der Waals surface area contributed by atoms with E-state index in [0.717, 1.165) is 19.3 Å². The molecule has 1 aliphatic heterocycles. The second kappa shape index (κ2) is 7.39. The molecule has 0 aromatic carbocycles. The van der Waals surface area contributed by atoms with Gasteiger partial charge >= 0.3 is 5.97 Å². The van der Waals surface area contributed by atoms with E-state index in [1.165, 1.54) is 0 Å². The van der Waals surface area contributed by atoms with Crippen molar-refractivity contribution >= 4 is 11.9 Å². The van der Waals surface area contributed by atoms with E-state index in [0.29, 0.717) is 32.0 Å². The Kier molecular flexibility index (Phi) is 6.16. The predicted molar refractivity (Wildman–Crippen MR) is 70.0 cm³/mol. The molecule has 0 bridgehead atoms. The summed E-state index contributed by atoms with van der Waals surface area (Å²) < 4.78 is 5.01. The molecular weight excluding hydrogens is 230 g/mol. The third kappa shape index (κ3) is 4.67. The van der Waals surface area contributed by atoms with Gasteiger partial charge in [-0.05, 0) is 32.1 Å². The Morgan fingerprint density at radius 1 is 1.28 bits per heavy atom. The Balaban J connectivity index is 2.30. The predicted octanol–water partition coefficient (Wildman–Crippen LogP) is 2.22. The first kappa shape index (κ1) is 15.0. The molecule has 4 nitrogen and oxygen atoms in total. The highest BCUT2D eigenvalue weighted by molar-refractivity contribution is 5.77. The highest BCUT2D eigenvalue weighted by atomic mass is 16.5. The van der Waals surface area contributed by atoms with Crippen LogP contribution >= 0.6 is 0 Å². The molecule has 0 N–H and O–H groups in total. The minimum Gasteiger partial charge on any atom is -0.466 e. The van der Waals surface area contributed by atoms with Crippen molar-refractivity contribution in [3.8, 4) is 0 Å². The number of nitrogens with zero attached hydrogens (tertiary/aromatic N) is 1. The Morgan fingerprint density at radius 3 is 2.39 bits per heavy atom. The van der Waals surface area contributed by atoms with E-state index in [1.807, 2.05) is 11.8 Å². The van der Waals surface area contributed by atoms with Gasteiger partial charge in [0.2, 0.25) is 5.91 Å². The lowest BCUT2D eigenvalue weighted by Gasteiger charge is -2.31. The fourth-order valence-electron chi connectivity index (χ4n) is 2.19. The highest BCUT2D eigenvalue weighted by Gasteiger charge is 2.27. The maximum atomic E-state index is 11.9. The van der Waals surface area contributed by atoms with E-state index in [1.54, 1.807) is 0 Å². The van der Waals surface area contributed by atoms with Crippen LogP contribution < -0.4 is 0 Å². The Labute approximate surface area is 110 Å². The molecule has 0 unspecified atom stereocenters. The lowest BCUT2D eigenvalue weighted by atomic mass is 9.96. The highest BCUT2D eigenvalue weighted by Crippen LogP contribution is 2.20. The van der Waals surface area contributed by atoms with Crippen LogP contribution in [0.5, 0.6) is 0 Å². The van der Waals surface area contributed by atoms with Gasteiger partial charge in [0.15, 0.2) is 0 Å². The van der Waals surface area contributed by atoms with Crippen LogP contribution in [0.3, 0.4) is 0 Å². The quantitative estimate of drug-likeness (QED) is 0.708. The molecule has 0 saturated carbocycles. The van der Waals surface area contributed by atoms with Gasteiger partial charge in [-0.1, -0.05) is 13.8 Å². The van der Waals surface area contributed by atoms with Crippen LogP contribution in [0.15, 0.2) is 0 Å². The minimum atomic E-state index is -0.105. The number of rotatable bonds is 5. The zero-order valence-electron chi connectivity index (χ0n) is 11.8. The van der Waals surface area contributed by atoms with Crippen molar-refractivity contribution in [3.63, 3.8) is 0 Å². The van der Waals surface area contributed by atoms with E-state index in [4.69, 9.17) is 4.74 Å². The van der Waals surface area contributed by atoms with E-state index < -0.39 is 0 Å². The molecule has 18 heavy (non-hydrogen) atoms. The third-order valence-electron chi connectivity index (χ3n) is 3.40. The Hall–Kier alpha value is -1.06. The van der Waals surface area contributed by atoms with E-state index >= 15 is 0 Å². The van der Waals surface area contributed by atoms with Crippen LogP contribution in [0.2, 0.25) is 0 Å². The number of hydrogen-bond acceptors (Lipinski definition) is 3. The van der Waals surface area contributed by atoms with E-state index in [-0.39, 0.29) is 17.8 Å². The largest absolute Gasteiger partial charge is 0.466 e. The van der Waals surface area contributed by atoms with Crippen LogP contribution in [0.1, 0.15) is 46.5 Å². The van der Waals surface area contributed by atoms with Gasteiger partial charge < -0.3 is 9.64 Å². The molecule has 1 rings (SSSR count). The number of piperidine rings is 1. The maximum absolute atomic E-state index is 11.9. The van der Waals surface area contributed by atoms with Crippen molar-refractivity contribution in [2.75, 3.05) is 19.7 Å². The number of likely N-dealkylation sites (tertiary alicyclic amines) is 1. The molecule has 0 atom stereocenters. The van der Waals surface area contributed by atoms with Gasteiger partial charge in [0.25, 0.3) is 0 Å². The van der Waals surface area contributed by atoms with Crippen molar-refractivity contribution in [1.82, 2.24) is 4.90 Å². The van der Waals surface area contributed by atoms with Crippen LogP contribution in [0, 0.1) is 11.8 Å². The molecule has 0 aromatic heterocycles. The number of ether oxygens (including phenoxy) is 1. The third-order valence-corrected chi connectivity index (χ3v) is 3.40. The maximum Gasteiger partial charge on any atom is 0.309 e. The van der Waals surface area contributed by atoms with Gasteiger partial charge in [0, 0.05) is 19.5 Å². The Bertz CT molecular complexity index is 281. The van der Waals surface area contributed by atoms with Gasteiger partial charge in [-0.3, -0.25) is 9.59 Å². The SMILES string of the molecule is CCOC(=O)C1CCN(C(=O)CCC(C)C)CC1. The molecule has 1 saturated heterocycles. The fraction of sp³-hybridized carbons (Fsp3) is 0.857. The van der Waals surface area contributed by atoms with Crippen LogP contribution in [0.25, 0.3) is 0 Å². The lowest BCUT2D eigenvalue weighted by Crippen LogP contribution is -2.40. The smallest absolute Gasteiger partial charge is 0.309 e. The van der Waals surface area contributed by atoms with E-state index in [2.05, 4.69) is 13.8 Å². The summed E-state index contributed by atoms with van der Waals surface area (Å²) >= 11 is 0. The number of carbonyl (C=O) groups excluding carboxylic acids is 2. The molecule has 0 radical (unpaired) electrons. The molecule has 1 heterocycles. The van der Waals surface area contributed by atoms with Crippen molar-refractivity contribution in [2.45, 2.75) is 46.5 Å². The summed E-state index contributed by atoms with van der Waals surface area (Å²) in [6.07, 6.45) is 3.05. The van der Waals surface area contributed by atoms with Gasteiger partial charge in [-0.25, -0.2) is 0 Å². The zero-order chi connectivity index (χ0) is 13.5. The van der Waals surface area contributed by atoms with Crippen molar-refractivity contribution in [1.29, 1.82) is 0 Å². The second-order valence-electron chi connectivity index (χ2n) is 5.34. The number of amides is 1. The average molecular weight is 255 g/mol. The second-order valence-corrected chi connectivity index (χ2v) is 5.34. The summed E-state index contributed by atoms with van der Waals surface area (Å²) in [5.74, 6) is 0.669. The van der Waals surface area contributed by atoms with Crippen molar-refractivity contribution in [2.24, 2.45) is 11.8 Å². The summed E-state index contributed by atoms with van der Waals surface area (Å²) in [5.41, 5.74) is 0. The van der Waals surface area contributed by atoms with Gasteiger partial charge in [-0.2, -0.15) is 0 Å². The summed E-state index contributed by atoms with van der Waals surface area (Å²) in [5, 5.41) is 0. The first-order valence-corrected chi connectivity index (χ1v) is 6.99. The van der Waals surface area contributed by atoms with Gasteiger partial charge in [-0.15, -0.1) is 0 Å². The van der Waals surface area contributed by atoms with Gasteiger partial charge in [0.1, 0.15) is 0 Å². The van der Waals surface area contributed by atoms with Crippen LogP contribution in [-0.2, 0) is 14.3 Å². The summed E-state index contributed by atoms with van der Waals surface area (Å²) in [7, 11) is 0. The number of esters is 1. The molecule has 4 heteroatoms.